The number of benzene rings is 3. The van der Waals surface area contributed by atoms with E-state index < -0.39 is 10.0 Å². The lowest BCUT2D eigenvalue weighted by atomic mass is 10.1. The van der Waals surface area contributed by atoms with Crippen molar-refractivity contribution in [3.05, 3.63) is 96.4 Å². The molecule has 7 nitrogen and oxygen atoms in total. The van der Waals surface area contributed by atoms with E-state index in [1.807, 2.05) is 54.6 Å². The van der Waals surface area contributed by atoms with E-state index in [4.69, 9.17) is 19.5 Å². The zero-order valence-electron chi connectivity index (χ0n) is 15.2. The second-order valence-corrected chi connectivity index (χ2v) is 7.84. The van der Waals surface area contributed by atoms with E-state index in [2.05, 4.69) is 5.48 Å². The van der Waals surface area contributed by atoms with Gasteiger partial charge in [0.2, 0.25) is 15.9 Å². The van der Waals surface area contributed by atoms with Crippen LogP contribution in [0.15, 0.2) is 95.7 Å². The molecule has 0 radical (unpaired) electrons. The predicted octanol–water partition coefficient (Wildman–Crippen LogP) is 3.62. The molecule has 1 unspecified atom stereocenters. The third-order valence-electron chi connectivity index (χ3n) is 4.16. The molecule has 0 aliphatic carbocycles. The van der Waals surface area contributed by atoms with Crippen LogP contribution in [0.2, 0.25) is 0 Å². The van der Waals surface area contributed by atoms with Gasteiger partial charge in [0, 0.05) is 6.08 Å². The maximum atomic E-state index is 11.3. The molecule has 0 saturated carbocycles. The first-order valence-corrected chi connectivity index (χ1v) is 10.3. The van der Waals surface area contributed by atoms with Crippen LogP contribution < -0.4 is 20.1 Å². The second kappa shape index (κ2) is 7.96. The highest BCUT2D eigenvalue weighted by atomic mass is 32.2. The molecule has 4 rings (SSSR count). The van der Waals surface area contributed by atoms with Crippen molar-refractivity contribution in [1.82, 2.24) is 5.48 Å². The molecule has 0 fully saturated rings. The molecular formula is C21H18N2O5S. The Kier molecular flexibility index (Phi) is 5.22. The maximum Gasteiger partial charge on any atom is 0.238 e. The predicted molar refractivity (Wildman–Crippen MR) is 106 cm³/mol. The topological polar surface area (TPSA) is 99.9 Å². The molecule has 8 heteroatoms. The lowest BCUT2D eigenvalue weighted by Crippen LogP contribution is -2.13. The van der Waals surface area contributed by atoms with Crippen LogP contribution in [0, 0.1) is 0 Å². The zero-order valence-corrected chi connectivity index (χ0v) is 16.0. The molecule has 3 N–H and O–H groups in total. The number of para-hydroxylation sites is 1. The van der Waals surface area contributed by atoms with Gasteiger partial charge in [0.25, 0.3) is 0 Å². The first-order valence-electron chi connectivity index (χ1n) is 8.74. The van der Waals surface area contributed by atoms with Gasteiger partial charge in [-0.05, 0) is 54.1 Å². The van der Waals surface area contributed by atoms with Crippen LogP contribution in [-0.2, 0) is 14.9 Å². The van der Waals surface area contributed by atoms with Crippen LogP contribution in [0.5, 0.6) is 17.2 Å². The summed E-state index contributed by atoms with van der Waals surface area (Å²) < 4.78 is 34.0. The van der Waals surface area contributed by atoms with Gasteiger partial charge in [-0.3, -0.25) is 4.84 Å². The van der Waals surface area contributed by atoms with E-state index in [9.17, 15) is 8.42 Å². The van der Waals surface area contributed by atoms with Crippen molar-refractivity contribution >= 4 is 10.0 Å². The maximum absolute atomic E-state index is 11.3. The Balaban J connectivity index is 1.40. The van der Waals surface area contributed by atoms with Crippen molar-refractivity contribution in [3.8, 4) is 17.2 Å². The first-order chi connectivity index (χ1) is 14.0. The molecule has 148 valence electrons. The average Bonchev–Trinajstić information content (AvgIpc) is 3.17. The lowest BCUT2D eigenvalue weighted by Gasteiger charge is -2.09. The Morgan fingerprint density at radius 3 is 2.03 bits per heavy atom. The number of primary sulfonamides is 1. The average molecular weight is 410 g/mol. The van der Waals surface area contributed by atoms with E-state index in [-0.39, 0.29) is 11.0 Å². The summed E-state index contributed by atoms with van der Waals surface area (Å²) in [5.41, 5.74) is 3.64. The van der Waals surface area contributed by atoms with Crippen molar-refractivity contribution in [1.29, 1.82) is 0 Å². The van der Waals surface area contributed by atoms with Crippen LogP contribution in [-0.4, -0.2) is 8.42 Å². The molecule has 1 aliphatic rings. The number of hydrogen-bond acceptors (Lipinski definition) is 6. The molecule has 3 aromatic carbocycles. The number of sulfonamides is 1. The second-order valence-electron chi connectivity index (χ2n) is 6.27. The van der Waals surface area contributed by atoms with E-state index in [1.165, 1.54) is 24.3 Å². The number of hydroxylamine groups is 1. The lowest BCUT2D eigenvalue weighted by molar-refractivity contribution is 0.0273. The Morgan fingerprint density at radius 1 is 0.793 bits per heavy atom. The monoisotopic (exact) mass is 410 g/mol. The van der Waals surface area contributed by atoms with Gasteiger partial charge in [-0.25, -0.2) is 19.0 Å². The molecule has 0 bridgehead atoms. The fraction of sp³-hybridized carbons (Fsp3) is 0.0476. The van der Waals surface area contributed by atoms with Gasteiger partial charge in [-0.2, -0.15) is 0 Å². The summed E-state index contributed by atoms with van der Waals surface area (Å²) in [5, 5.41) is 5.09. The highest BCUT2D eigenvalue weighted by Crippen LogP contribution is 2.28. The van der Waals surface area contributed by atoms with Gasteiger partial charge >= 0.3 is 0 Å². The summed E-state index contributed by atoms with van der Waals surface area (Å²) >= 11 is 0. The highest BCUT2D eigenvalue weighted by molar-refractivity contribution is 7.89. The summed E-state index contributed by atoms with van der Waals surface area (Å²) in [6, 6.07) is 22.9. The normalized spacial score (nSPS) is 16.0. The van der Waals surface area contributed by atoms with Crippen molar-refractivity contribution in [3.63, 3.8) is 0 Å². The first kappa shape index (κ1) is 19.0. The van der Waals surface area contributed by atoms with Crippen molar-refractivity contribution < 1.29 is 22.7 Å². The van der Waals surface area contributed by atoms with E-state index >= 15 is 0 Å². The van der Waals surface area contributed by atoms with E-state index in [0.717, 1.165) is 17.1 Å². The number of nitrogens with two attached hydrogens (primary N) is 1. The molecule has 29 heavy (non-hydrogen) atoms. The van der Waals surface area contributed by atoms with Crippen LogP contribution in [0.4, 0.5) is 0 Å². The third kappa shape index (κ3) is 4.75. The van der Waals surface area contributed by atoms with Crippen LogP contribution in [0.1, 0.15) is 11.7 Å². The fourth-order valence-electron chi connectivity index (χ4n) is 2.72. The number of hydrogen-bond donors (Lipinski definition) is 2. The molecule has 0 aromatic heterocycles. The summed E-state index contributed by atoms with van der Waals surface area (Å²) in [6.45, 7) is 0. The van der Waals surface area contributed by atoms with Gasteiger partial charge in [-0.15, -0.1) is 0 Å². The smallest absolute Gasteiger partial charge is 0.238 e. The van der Waals surface area contributed by atoms with Gasteiger partial charge in [0.15, 0.2) is 0 Å². The fourth-order valence-corrected chi connectivity index (χ4v) is 3.24. The molecule has 0 amide bonds. The van der Waals surface area contributed by atoms with Gasteiger partial charge in [-0.1, -0.05) is 30.3 Å². The molecular weight excluding hydrogens is 392 g/mol. The van der Waals surface area contributed by atoms with Gasteiger partial charge in [0.05, 0.1) is 4.90 Å². The molecule has 0 saturated heterocycles. The number of rotatable bonds is 6. The van der Waals surface area contributed by atoms with E-state index in [1.54, 1.807) is 6.08 Å². The SMILES string of the molecule is NS(=O)(=O)c1ccc(OC2=CC(c3ccc(Oc4ccccc4)cc3)ON2)cc1. The quantitative estimate of drug-likeness (QED) is 0.644. The van der Waals surface area contributed by atoms with Gasteiger partial charge < -0.3 is 9.47 Å². The molecule has 3 aromatic rings. The Bertz CT molecular complexity index is 1110. The standard InChI is InChI=1S/C21H18N2O5S/c22-29(24,25)19-12-10-18(11-13-19)27-21-14-20(28-23-21)15-6-8-17(9-7-15)26-16-4-2-1-3-5-16/h1-14,20,23H,(H2,22,24,25). The third-order valence-corrected chi connectivity index (χ3v) is 5.09. The Labute approximate surface area is 168 Å². The summed E-state index contributed by atoms with van der Waals surface area (Å²) in [4.78, 5) is 5.55. The summed E-state index contributed by atoms with van der Waals surface area (Å²) in [7, 11) is -3.74. The largest absolute Gasteiger partial charge is 0.457 e. The summed E-state index contributed by atoms with van der Waals surface area (Å²) in [5.74, 6) is 2.35. The highest BCUT2D eigenvalue weighted by Gasteiger charge is 2.20. The van der Waals surface area contributed by atoms with E-state index in [0.29, 0.717) is 11.6 Å². The molecule has 1 aliphatic heterocycles. The van der Waals surface area contributed by atoms with Crippen molar-refractivity contribution in [2.45, 2.75) is 11.0 Å². The number of nitrogens with one attached hydrogen (secondary N) is 1. The van der Waals surface area contributed by atoms with Crippen LogP contribution >= 0.6 is 0 Å². The number of ether oxygens (including phenoxy) is 2. The minimum atomic E-state index is -3.74. The Morgan fingerprint density at radius 2 is 1.38 bits per heavy atom. The summed E-state index contributed by atoms with van der Waals surface area (Å²) in [6.07, 6.45) is 1.44. The molecule has 1 heterocycles. The van der Waals surface area contributed by atoms with Crippen molar-refractivity contribution in [2.75, 3.05) is 0 Å². The van der Waals surface area contributed by atoms with Crippen LogP contribution in [0.3, 0.4) is 0 Å². The Hall–Kier alpha value is -3.33. The minimum Gasteiger partial charge on any atom is -0.457 e. The van der Waals surface area contributed by atoms with Crippen LogP contribution in [0.25, 0.3) is 0 Å². The zero-order chi connectivity index (χ0) is 20.3. The van der Waals surface area contributed by atoms with Crippen molar-refractivity contribution in [2.24, 2.45) is 5.14 Å². The van der Waals surface area contributed by atoms with Gasteiger partial charge in [0.1, 0.15) is 23.4 Å². The molecule has 1 atom stereocenters. The molecule has 0 spiro atoms. The minimum absolute atomic E-state index is 0.0187.